The largest absolute Gasteiger partial charge is 0.444 e. The van der Waals surface area contributed by atoms with Crippen LogP contribution >= 0.6 is 0 Å². The first-order valence-corrected chi connectivity index (χ1v) is 7.76. The molecule has 2 saturated heterocycles. The second-order valence-corrected chi connectivity index (χ2v) is 6.98. The fourth-order valence-electron chi connectivity index (χ4n) is 3.34. The Hall–Kier alpha value is -0.810. The van der Waals surface area contributed by atoms with Gasteiger partial charge in [-0.05, 0) is 40.0 Å². The van der Waals surface area contributed by atoms with E-state index in [0.717, 1.165) is 32.2 Å². The van der Waals surface area contributed by atoms with E-state index in [9.17, 15) is 9.90 Å². The monoisotopic (exact) mass is 284 g/mol. The lowest BCUT2D eigenvalue weighted by molar-refractivity contribution is -0.0103. The molecule has 2 N–H and O–H groups in total. The zero-order valence-electron chi connectivity index (χ0n) is 13.1. The van der Waals surface area contributed by atoms with Gasteiger partial charge in [0.15, 0.2) is 0 Å². The second-order valence-electron chi connectivity index (χ2n) is 6.98. The van der Waals surface area contributed by atoms with E-state index in [4.69, 9.17) is 4.74 Å². The smallest absolute Gasteiger partial charge is 0.410 e. The molecule has 5 heteroatoms. The van der Waals surface area contributed by atoms with Gasteiger partial charge in [-0.1, -0.05) is 13.3 Å². The molecule has 20 heavy (non-hydrogen) atoms. The van der Waals surface area contributed by atoms with Gasteiger partial charge < -0.3 is 15.2 Å². The number of carbonyl (C=O) groups is 1. The van der Waals surface area contributed by atoms with Gasteiger partial charge in [0.1, 0.15) is 5.60 Å². The zero-order chi connectivity index (χ0) is 14.9. The summed E-state index contributed by atoms with van der Waals surface area (Å²) in [6.45, 7) is 8.48. The topological polar surface area (TPSA) is 61.8 Å². The van der Waals surface area contributed by atoms with E-state index in [0.29, 0.717) is 0 Å². The third kappa shape index (κ3) is 3.26. The summed E-state index contributed by atoms with van der Waals surface area (Å²) in [6.07, 6.45) is 3.02. The Labute approximate surface area is 121 Å². The van der Waals surface area contributed by atoms with Crippen molar-refractivity contribution >= 4 is 6.09 Å². The molecule has 1 unspecified atom stereocenters. The molecule has 2 aliphatic rings. The van der Waals surface area contributed by atoms with E-state index in [1.165, 1.54) is 0 Å². The summed E-state index contributed by atoms with van der Waals surface area (Å²) in [7, 11) is 0. The number of nitrogens with one attached hydrogen (secondary N) is 1. The van der Waals surface area contributed by atoms with E-state index in [1.807, 2.05) is 25.7 Å². The number of nitrogens with zero attached hydrogens (tertiary/aromatic N) is 1. The first-order chi connectivity index (χ1) is 9.33. The van der Waals surface area contributed by atoms with Gasteiger partial charge in [0.25, 0.3) is 0 Å². The lowest BCUT2D eigenvalue weighted by Crippen LogP contribution is -2.63. The van der Waals surface area contributed by atoms with Crippen LogP contribution in [0.25, 0.3) is 0 Å². The highest BCUT2D eigenvalue weighted by molar-refractivity contribution is 5.70. The van der Waals surface area contributed by atoms with E-state index in [1.54, 1.807) is 0 Å². The van der Waals surface area contributed by atoms with Crippen LogP contribution in [0.5, 0.6) is 0 Å². The van der Waals surface area contributed by atoms with Crippen LogP contribution in [0.1, 0.15) is 53.4 Å². The van der Waals surface area contributed by atoms with Crippen molar-refractivity contribution in [3.05, 3.63) is 0 Å². The minimum Gasteiger partial charge on any atom is -0.444 e. The van der Waals surface area contributed by atoms with E-state index < -0.39 is 11.7 Å². The van der Waals surface area contributed by atoms with Gasteiger partial charge in [0.05, 0.1) is 18.2 Å². The molecule has 0 aromatic rings. The van der Waals surface area contributed by atoms with Crippen LogP contribution in [-0.2, 0) is 4.74 Å². The summed E-state index contributed by atoms with van der Waals surface area (Å²) in [6, 6.07) is 0.242. The third-order valence-corrected chi connectivity index (χ3v) is 4.15. The van der Waals surface area contributed by atoms with Crippen LogP contribution in [0, 0.1) is 0 Å². The Morgan fingerprint density at radius 1 is 1.45 bits per heavy atom. The highest BCUT2D eigenvalue weighted by Crippen LogP contribution is 2.33. The highest BCUT2D eigenvalue weighted by Gasteiger charge is 2.47. The number of aliphatic hydroxyl groups excluding tert-OH is 1. The number of amides is 1. The molecule has 1 amide bonds. The lowest BCUT2D eigenvalue weighted by Gasteiger charge is -2.42. The van der Waals surface area contributed by atoms with Crippen molar-refractivity contribution < 1.29 is 14.6 Å². The fraction of sp³-hybridized carbons (Fsp3) is 0.933. The molecule has 2 bridgehead atoms. The summed E-state index contributed by atoms with van der Waals surface area (Å²) in [5.41, 5.74) is -0.473. The maximum Gasteiger partial charge on any atom is 0.410 e. The van der Waals surface area contributed by atoms with Gasteiger partial charge in [-0.2, -0.15) is 0 Å². The van der Waals surface area contributed by atoms with Crippen LogP contribution < -0.4 is 5.32 Å². The van der Waals surface area contributed by atoms with Crippen LogP contribution in [-0.4, -0.2) is 52.5 Å². The van der Waals surface area contributed by atoms with Crippen LogP contribution in [0.15, 0.2) is 0 Å². The highest BCUT2D eigenvalue weighted by atomic mass is 16.6. The molecule has 2 aliphatic heterocycles. The number of hydrogen-bond acceptors (Lipinski definition) is 4. The predicted octanol–water partition coefficient (Wildman–Crippen LogP) is 1.89. The van der Waals surface area contributed by atoms with Crippen molar-refractivity contribution in [3.8, 4) is 0 Å². The quantitative estimate of drug-likeness (QED) is 0.831. The molecule has 0 saturated carbocycles. The molecule has 0 aromatic heterocycles. The normalized spacial score (nSPS) is 31.2. The van der Waals surface area contributed by atoms with Crippen LogP contribution in [0.2, 0.25) is 0 Å². The maximum atomic E-state index is 12.4. The predicted molar refractivity (Wildman–Crippen MR) is 77.6 cm³/mol. The molecule has 0 radical (unpaired) electrons. The Balaban J connectivity index is 2.08. The number of piperazine rings is 1. The first kappa shape index (κ1) is 15.6. The van der Waals surface area contributed by atoms with Crippen molar-refractivity contribution in [3.63, 3.8) is 0 Å². The van der Waals surface area contributed by atoms with Gasteiger partial charge >= 0.3 is 6.09 Å². The fourth-order valence-corrected chi connectivity index (χ4v) is 3.34. The Bertz CT molecular complexity index is 354. The minimum absolute atomic E-state index is 0.0266. The third-order valence-electron chi connectivity index (χ3n) is 4.15. The van der Waals surface area contributed by atoms with Gasteiger partial charge in [-0.15, -0.1) is 0 Å². The SMILES string of the molecule is CCCC(O)[C@H]1NC[C@H]2CC[C@@H]1N2C(=O)OC(C)(C)C. The Kier molecular flexibility index (Phi) is 4.59. The molecule has 2 fully saturated rings. The van der Waals surface area contributed by atoms with E-state index in [2.05, 4.69) is 12.2 Å². The number of fused-ring (bicyclic) bond motifs is 2. The van der Waals surface area contributed by atoms with E-state index >= 15 is 0 Å². The van der Waals surface area contributed by atoms with Crippen LogP contribution in [0.4, 0.5) is 4.79 Å². The summed E-state index contributed by atoms with van der Waals surface area (Å²) < 4.78 is 5.52. The van der Waals surface area contributed by atoms with Crippen molar-refractivity contribution in [2.45, 2.75) is 83.2 Å². The maximum absolute atomic E-state index is 12.4. The van der Waals surface area contributed by atoms with Crippen molar-refractivity contribution in [1.29, 1.82) is 0 Å². The molecule has 2 heterocycles. The van der Waals surface area contributed by atoms with Gasteiger partial charge in [-0.25, -0.2) is 4.79 Å². The number of ether oxygens (including phenoxy) is 1. The van der Waals surface area contributed by atoms with Crippen molar-refractivity contribution in [1.82, 2.24) is 10.2 Å². The molecule has 4 atom stereocenters. The molecular weight excluding hydrogens is 256 g/mol. The Morgan fingerprint density at radius 2 is 2.15 bits per heavy atom. The van der Waals surface area contributed by atoms with Gasteiger partial charge in [0, 0.05) is 12.6 Å². The Morgan fingerprint density at radius 3 is 2.75 bits per heavy atom. The molecule has 2 rings (SSSR count). The second kappa shape index (κ2) is 5.90. The average Bonchev–Trinajstić information content (AvgIpc) is 2.62. The molecule has 0 spiro atoms. The number of aliphatic hydroxyl groups is 1. The summed E-state index contributed by atoms with van der Waals surface area (Å²) in [5, 5.41) is 13.7. The summed E-state index contributed by atoms with van der Waals surface area (Å²) in [4.78, 5) is 14.3. The minimum atomic E-state index is -0.473. The molecule has 5 nitrogen and oxygen atoms in total. The molecule has 0 aromatic carbocycles. The van der Waals surface area contributed by atoms with Gasteiger partial charge in [-0.3, -0.25) is 4.90 Å². The first-order valence-electron chi connectivity index (χ1n) is 7.76. The van der Waals surface area contributed by atoms with E-state index in [-0.39, 0.29) is 24.2 Å². The van der Waals surface area contributed by atoms with Crippen LogP contribution in [0.3, 0.4) is 0 Å². The van der Waals surface area contributed by atoms with Crippen molar-refractivity contribution in [2.24, 2.45) is 0 Å². The summed E-state index contributed by atoms with van der Waals surface area (Å²) >= 11 is 0. The number of hydrogen-bond donors (Lipinski definition) is 2. The average molecular weight is 284 g/mol. The summed E-state index contributed by atoms with van der Waals surface area (Å²) in [5.74, 6) is 0. The molecule has 116 valence electrons. The lowest BCUT2D eigenvalue weighted by atomic mass is 9.96. The number of rotatable bonds is 3. The zero-order valence-corrected chi connectivity index (χ0v) is 13.1. The standard InChI is InChI=1S/C15H28N2O3/c1-5-6-12(18)13-11-8-7-10(9-16-13)17(11)14(19)20-15(2,3)4/h10-13,16,18H,5-9H2,1-4H3/t10-,11+,12?,13+/m1/s1. The molecular formula is C15H28N2O3. The van der Waals surface area contributed by atoms with Gasteiger partial charge in [0.2, 0.25) is 0 Å². The molecule has 0 aliphatic carbocycles. The number of carbonyl (C=O) groups excluding carboxylic acids is 1. The van der Waals surface area contributed by atoms with Crippen molar-refractivity contribution in [2.75, 3.05) is 6.54 Å².